The van der Waals surface area contributed by atoms with Gasteiger partial charge in [-0.25, -0.2) is 4.98 Å². The van der Waals surface area contributed by atoms with Crippen LogP contribution in [-0.2, 0) is 0 Å². The summed E-state index contributed by atoms with van der Waals surface area (Å²) in [6, 6.07) is 18.1. The summed E-state index contributed by atoms with van der Waals surface area (Å²) < 4.78 is 1.14. The van der Waals surface area contributed by atoms with Crippen molar-refractivity contribution in [3.8, 4) is 10.6 Å². The fourth-order valence-electron chi connectivity index (χ4n) is 3.25. The Labute approximate surface area is 193 Å². The number of thiocarbonyl (C=S) groups is 1. The lowest BCUT2D eigenvalue weighted by atomic mass is 10.1. The fourth-order valence-corrected chi connectivity index (χ4v) is 4.53. The van der Waals surface area contributed by atoms with E-state index in [4.69, 9.17) is 12.2 Å². The van der Waals surface area contributed by atoms with Gasteiger partial charge in [0.2, 0.25) is 0 Å². The number of benzene rings is 3. The summed E-state index contributed by atoms with van der Waals surface area (Å²) in [5.41, 5.74) is 4.22. The Morgan fingerprint density at radius 1 is 1.09 bits per heavy atom. The average Bonchev–Trinajstić information content (AvgIpc) is 3.17. The Bertz CT molecular complexity index is 1360. The van der Waals surface area contributed by atoms with E-state index >= 15 is 0 Å². The molecule has 0 fully saturated rings. The maximum atomic E-state index is 12.5. The second-order valence-electron chi connectivity index (χ2n) is 7.18. The van der Waals surface area contributed by atoms with E-state index in [0.29, 0.717) is 5.69 Å². The summed E-state index contributed by atoms with van der Waals surface area (Å²) >= 11 is 6.87. The third-order valence-electron chi connectivity index (χ3n) is 4.91. The van der Waals surface area contributed by atoms with Crippen LogP contribution in [0.3, 0.4) is 0 Å². The van der Waals surface area contributed by atoms with Gasteiger partial charge < -0.3 is 5.32 Å². The zero-order valence-corrected chi connectivity index (χ0v) is 18.8. The van der Waals surface area contributed by atoms with Crippen LogP contribution in [0.4, 0.5) is 11.4 Å². The molecule has 4 rings (SSSR count). The van der Waals surface area contributed by atoms with Gasteiger partial charge in [-0.1, -0.05) is 12.1 Å². The molecule has 0 bridgehead atoms. The van der Waals surface area contributed by atoms with Crippen LogP contribution in [0.5, 0.6) is 0 Å². The number of aryl methyl sites for hydroxylation is 1. The Balaban J connectivity index is 1.44. The highest BCUT2D eigenvalue weighted by molar-refractivity contribution is 7.80. The van der Waals surface area contributed by atoms with Crippen molar-refractivity contribution in [1.82, 2.24) is 10.3 Å². The number of nitrogens with one attached hydrogen (secondary N) is 2. The van der Waals surface area contributed by atoms with Gasteiger partial charge in [-0.3, -0.25) is 20.2 Å². The van der Waals surface area contributed by atoms with Crippen LogP contribution in [-0.4, -0.2) is 20.9 Å². The topological polar surface area (TPSA) is 97.2 Å². The van der Waals surface area contributed by atoms with Crippen molar-refractivity contribution in [1.29, 1.82) is 0 Å². The van der Waals surface area contributed by atoms with Gasteiger partial charge in [0, 0.05) is 28.4 Å². The van der Waals surface area contributed by atoms with Gasteiger partial charge in [-0.15, -0.1) is 11.3 Å². The minimum absolute atomic E-state index is 0.101. The molecule has 0 aliphatic heterocycles. The van der Waals surface area contributed by atoms with E-state index in [1.54, 1.807) is 11.3 Å². The molecule has 3 aromatic carbocycles. The van der Waals surface area contributed by atoms with Gasteiger partial charge in [0.25, 0.3) is 11.6 Å². The van der Waals surface area contributed by atoms with Crippen molar-refractivity contribution in [3.05, 3.63) is 87.5 Å². The number of anilines is 1. The number of fused-ring (bicyclic) bond motifs is 1. The molecule has 7 nitrogen and oxygen atoms in total. The molecule has 0 aliphatic rings. The standard InChI is InChI=1S/C23H18N4O3S2/c1-13-6-11-18-20(12-13)32-22(25-18)15-7-9-16(10-8-15)24-23(31)26-21(28)17-4-3-5-19(14(17)2)27(29)30/h3-12H,1-2H3,(H2,24,26,28,31). The third kappa shape index (κ3) is 4.48. The SMILES string of the molecule is Cc1ccc2nc(-c3ccc(NC(=S)NC(=O)c4cccc([N+](=O)[O-])c4C)cc3)sc2c1. The number of hydrogen-bond acceptors (Lipinski definition) is 6. The van der Waals surface area contributed by atoms with Crippen LogP contribution in [0.25, 0.3) is 20.8 Å². The number of amides is 1. The first kappa shape index (κ1) is 21.5. The molecule has 4 aromatic rings. The summed E-state index contributed by atoms with van der Waals surface area (Å²) in [6.45, 7) is 3.59. The Kier molecular flexibility index (Phi) is 5.93. The fraction of sp³-hybridized carbons (Fsp3) is 0.0870. The number of rotatable bonds is 4. The summed E-state index contributed by atoms with van der Waals surface area (Å²) in [7, 11) is 0. The molecule has 1 heterocycles. The van der Waals surface area contributed by atoms with Crippen molar-refractivity contribution in [3.63, 3.8) is 0 Å². The maximum absolute atomic E-state index is 12.5. The molecule has 0 unspecified atom stereocenters. The molecule has 0 spiro atoms. The molecule has 9 heteroatoms. The number of carbonyl (C=O) groups excluding carboxylic acids is 1. The molecule has 0 atom stereocenters. The number of aromatic nitrogens is 1. The van der Waals surface area contributed by atoms with Crippen LogP contribution < -0.4 is 10.6 Å². The van der Waals surface area contributed by atoms with Gasteiger partial charge in [0.1, 0.15) is 5.01 Å². The predicted molar refractivity (Wildman–Crippen MR) is 131 cm³/mol. The Morgan fingerprint density at radius 2 is 1.84 bits per heavy atom. The lowest BCUT2D eigenvalue weighted by molar-refractivity contribution is -0.385. The average molecular weight is 463 g/mol. The zero-order valence-electron chi connectivity index (χ0n) is 17.2. The van der Waals surface area contributed by atoms with E-state index in [1.807, 2.05) is 36.4 Å². The molecule has 0 saturated carbocycles. The second kappa shape index (κ2) is 8.81. The summed E-state index contributed by atoms with van der Waals surface area (Å²) in [5, 5.41) is 17.6. The quantitative estimate of drug-likeness (QED) is 0.232. The minimum Gasteiger partial charge on any atom is -0.332 e. The number of nitro benzene ring substituents is 1. The Hall–Kier alpha value is -3.69. The minimum atomic E-state index is -0.517. The molecule has 0 radical (unpaired) electrons. The van der Waals surface area contributed by atoms with Crippen LogP contribution in [0, 0.1) is 24.0 Å². The van der Waals surface area contributed by atoms with E-state index in [-0.39, 0.29) is 21.9 Å². The lowest BCUT2D eigenvalue weighted by Gasteiger charge is -2.11. The van der Waals surface area contributed by atoms with Gasteiger partial charge in [-0.2, -0.15) is 0 Å². The summed E-state index contributed by atoms with van der Waals surface area (Å²) in [5.74, 6) is -0.509. The van der Waals surface area contributed by atoms with Crippen LogP contribution in [0.2, 0.25) is 0 Å². The molecule has 2 N–H and O–H groups in total. The summed E-state index contributed by atoms with van der Waals surface area (Å²) in [4.78, 5) is 27.8. The van der Waals surface area contributed by atoms with E-state index in [2.05, 4.69) is 28.6 Å². The highest BCUT2D eigenvalue weighted by Gasteiger charge is 2.18. The van der Waals surface area contributed by atoms with E-state index < -0.39 is 10.8 Å². The zero-order chi connectivity index (χ0) is 22.8. The van der Waals surface area contributed by atoms with E-state index in [0.717, 1.165) is 20.8 Å². The largest absolute Gasteiger partial charge is 0.332 e. The van der Waals surface area contributed by atoms with Crippen LogP contribution >= 0.6 is 23.6 Å². The van der Waals surface area contributed by atoms with Gasteiger partial charge in [0.05, 0.1) is 15.1 Å². The number of carbonyl (C=O) groups is 1. The first-order valence-corrected chi connectivity index (χ1v) is 10.9. The van der Waals surface area contributed by atoms with Crippen LogP contribution in [0.1, 0.15) is 21.5 Å². The highest BCUT2D eigenvalue weighted by atomic mass is 32.1. The molecular weight excluding hydrogens is 444 g/mol. The monoisotopic (exact) mass is 462 g/mol. The number of hydrogen-bond donors (Lipinski definition) is 2. The van der Waals surface area contributed by atoms with Crippen molar-refractivity contribution in [2.45, 2.75) is 13.8 Å². The van der Waals surface area contributed by atoms with Gasteiger partial charge >= 0.3 is 0 Å². The van der Waals surface area contributed by atoms with E-state index in [1.165, 1.54) is 30.7 Å². The number of thiazole rings is 1. The van der Waals surface area contributed by atoms with Crippen molar-refractivity contribution < 1.29 is 9.72 Å². The lowest BCUT2D eigenvalue weighted by Crippen LogP contribution is -2.34. The summed E-state index contributed by atoms with van der Waals surface area (Å²) in [6.07, 6.45) is 0. The second-order valence-corrected chi connectivity index (χ2v) is 8.62. The van der Waals surface area contributed by atoms with Crippen LogP contribution in [0.15, 0.2) is 60.7 Å². The molecule has 160 valence electrons. The van der Waals surface area contributed by atoms with Gasteiger partial charge in [0.15, 0.2) is 5.11 Å². The molecule has 32 heavy (non-hydrogen) atoms. The smallest absolute Gasteiger partial charge is 0.273 e. The van der Waals surface area contributed by atoms with Gasteiger partial charge in [-0.05, 0) is 74.1 Å². The molecule has 0 saturated heterocycles. The first-order chi connectivity index (χ1) is 15.3. The Morgan fingerprint density at radius 3 is 2.56 bits per heavy atom. The number of nitrogens with zero attached hydrogens (tertiary/aromatic N) is 2. The van der Waals surface area contributed by atoms with Crippen molar-refractivity contribution in [2.24, 2.45) is 0 Å². The van der Waals surface area contributed by atoms with E-state index in [9.17, 15) is 14.9 Å². The maximum Gasteiger partial charge on any atom is 0.273 e. The molecule has 1 aromatic heterocycles. The molecule has 1 amide bonds. The van der Waals surface area contributed by atoms with Crippen molar-refractivity contribution >= 4 is 56.2 Å². The number of nitro groups is 1. The first-order valence-electron chi connectivity index (χ1n) is 9.66. The van der Waals surface area contributed by atoms with Crippen molar-refractivity contribution in [2.75, 3.05) is 5.32 Å². The highest BCUT2D eigenvalue weighted by Crippen LogP contribution is 2.31. The normalized spacial score (nSPS) is 10.7. The third-order valence-corrected chi connectivity index (χ3v) is 6.18. The molecule has 0 aliphatic carbocycles. The predicted octanol–water partition coefficient (Wildman–Crippen LogP) is 5.62. The molecular formula is C23H18N4O3S2.